The van der Waals surface area contributed by atoms with E-state index in [9.17, 15) is 14.7 Å². The molecule has 4 rings (SSSR count). The summed E-state index contributed by atoms with van der Waals surface area (Å²) < 4.78 is 5.81. The highest BCUT2D eigenvalue weighted by Gasteiger charge is 2.44. The van der Waals surface area contributed by atoms with Crippen LogP contribution in [0.4, 0.5) is 0 Å². The molecule has 0 saturated carbocycles. The summed E-state index contributed by atoms with van der Waals surface area (Å²) in [6.45, 7) is 6.75. The molecule has 1 fully saturated rings. The largest absolute Gasteiger partial charge is 0.872 e. The third kappa shape index (κ3) is 5.11. The van der Waals surface area contributed by atoms with Gasteiger partial charge in [0.05, 0.1) is 19.2 Å². The van der Waals surface area contributed by atoms with Gasteiger partial charge in [0.15, 0.2) is 12.4 Å². The number of hydrogen-bond acceptors (Lipinski definition) is 4. The van der Waals surface area contributed by atoms with Gasteiger partial charge in [-0.1, -0.05) is 55.0 Å². The number of benzene rings is 2. The molecule has 6 nitrogen and oxygen atoms in total. The number of ether oxygens (including phenoxy) is 1. The third-order valence-corrected chi connectivity index (χ3v) is 6.24. The molecular weight excluding hydrogens is 440 g/mol. The maximum atomic E-state index is 13.7. The van der Waals surface area contributed by atoms with Gasteiger partial charge in [-0.2, -0.15) is 0 Å². The Kier molecular flexibility index (Phi) is 7.30. The highest BCUT2D eigenvalue weighted by Crippen LogP contribution is 2.40. The van der Waals surface area contributed by atoms with Crippen molar-refractivity contribution in [2.45, 2.75) is 46.2 Å². The Balaban J connectivity index is 1.77. The summed E-state index contributed by atoms with van der Waals surface area (Å²) in [6, 6.07) is 15.7. The number of rotatable bonds is 8. The second-order valence-corrected chi connectivity index (χ2v) is 8.91. The van der Waals surface area contributed by atoms with E-state index in [0.717, 1.165) is 35.1 Å². The lowest BCUT2D eigenvalue weighted by Crippen LogP contribution is -2.29. The molecule has 1 aliphatic rings. The number of pyridine rings is 1. The first-order chi connectivity index (χ1) is 16.9. The van der Waals surface area contributed by atoms with Gasteiger partial charge in [0, 0.05) is 17.2 Å². The number of nitrogens with zero attached hydrogens (tertiary/aromatic N) is 1. The number of likely N-dealkylation sites (tertiary alicyclic amines) is 1. The van der Waals surface area contributed by atoms with Gasteiger partial charge in [0.25, 0.3) is 5.91 Å². The normalized spacial score (nSPS) is 17.1. The molecule has 3 aromatic rings. The summed E-state index contributed by atoms with van der Waals surface area (Å²) in [4.78, 5) is 30.9. The number of aromatic nitrogens is 1. The summed E-state index contributed by atoms with van der Waals surface area (Å²) in [5.41, 5.74) is 3.79. The maximum Gasteiger partial charge on any atom is 0.295 e. The van der Waals surface area contributed by atoms with Crippen LogP contribution in [0.15, 0.2) is 72.6 Å². The minimum Gasteiger partial charge on any atom is -0.872 e. The number of unbranched alkanes of at least 4 members (excludes halogenated alkanes) is 1. The quantitative estimate of drug-likeness (QED) is 0.217. The fraction of sp³-hybridized carbons (Fsp3) is 0.276. The van der Waals surface area contributed by atoms with E-state index >= 15 is 0 Å². The number of Topliss-reactive ketones (excluding diaryl/α,β-unsaturated/α-hetero) is 1. The smallest absolute Gasteiger partial charge is 0.295 e. The molecule has 2 heterocycles. The molecule has 1 amide bonds. The van der Waals surface area contributed by atoms with Crippen molar-refractivity contribution < 1.29 is 24.4 Å². The number of hydrogen-bond donors (Lipinski definition) is 0. The summed E-state index contributed by atoms with van der Waals surface area (Å²) in [6.07, 6.45) is 5.53. The van der Waals surface area contributed by atoms with E-state index in [-0.39, 0.29) is 12.1 Å². The summed E-state index contributed by atoms with van der Waals surface area (Å²) in [5.74, 6) is -1.13. The van der Waals surface area contributed by atoms with Crippen LogP contribution in [0.25, 0.3) is 5.76 Å². The predicted molar refractivity (Wildman–Crippen MR) is 131 cm³/mol. The second kappa shape index (κ2) is 10.6. The lowest BCUT2D eigenvalue weighted by molar-refractivity contribution is -0.378. The van der Waals surface area contributed by atoms with Crippen molar-refractivity contribution in [3.05, 3.63) is 100 Å². The lowest BCUT2D eigenvalue weighted by atomic mass is 9.94. The molecule has 2 aromatic carbocycles. The van der Waals surface area contributed by atoms with Crippen LogP contribution < -0.4 is 14.8 Å². The molecule has 0 spiro atoms. The summed E-state index contributed by atoms with van der Waals surface area (Å²) in [7, 11) is 0. The van der Waals surface area contributed by atoms with Gasteiger partial charge >= 0.3 is 0 Å². The molecule has 1 saturated heterocycles. The van der Waals surface area contributed by atoms with Crippen LogP contribution in [-0.4, -0.2) is 23.2 Å². The first kappa shape index (κ1) is 24.2. The van der Waals surface area contributed by atoms with Crippen molar-refractivity contribution in [1.82, 2.24) is 4.90 Å². The van der Waals surface area contributed by atoms with Gasteiger partial charge in [-0.25, -0.2) is 4.98 Å². The van der Waals surface area contributed by atoms with Crippen LogP contribution in [-0.2, 0) is 16.1 Å². The van der Waals surface area contributed by atoms with Crippen LogP contribution in [0.3, 0.4) is 0 Å². The highest BCUT2D eigenvalue weighted by molar-refractivity contribution is 6.46. The molecular formula is C29H30N2O4. The number of amides is 1. The van der Waals surface area contributed by atoms with Crippen molar-refractivity contribution in [2.24, 2.45) is 0 Å². The number of H-pyrrole nitrogens is 1. The Labute approximate surface area is 205 Å². The Morgan fingerprint density at radius 1 is 1.09 bits per heavy atom. The van der Waals surface area contributed by atoms with E-state index in [1.165, 1.54) is 4.90 Å². The van der Waals surface area contributed by atoms with Gasteiger partial charge in [-0.3, -0.25) is 9.59 Å². The maximum absolute atomic E-state index is 13.7. The molecule has 1 aliphatic heterocycles. The molecule has 1 N–H and O–H groups in total. The first-order valence-electron chi connectivity index (χ1n) is 11.9. The van der Waals surface area contributed by atoms with E-state index in [0.29, 0.717) is 17.9 Å². The lowest BCUT2D eigenvalue weighted by Gasteiger charge is -2.27. The number of carbonyl (C=O) groups excluding carboxylic acids is 2. The van der Waals surface area contributed by atoms with Crippen molar-refractivity contribution >= 4 is 17.4 Å². The average Bonchev–Trinajstić information content (AvgIpc) is 3.10. The van der Waals surface area contributed by atoms with Crippen molar-refractivity contribution in [1.29, 1.82) is 0 Å². The monoisotopic (exact) mass is 470 g/mol. The van der Waals surface area contributed by atoms with Crippen molar-refractivity contribution in [3.8, 4) is 5.75 Å². The van der Waals surface area contributed by atoms with Gasteiger partial charge in [0.2, 0.25) is 5.78 Å². The number of carbonyl (C=O) groups is 2. The van der Waals surface area contributed by atoms with Crippen molar-refractivity contribution in [3.63, 3.8) is 0 Å². The molecule has 0 bridgehead atoms. The highest BCUT2D eigenvalue weighted by atomic mass is 16.5. The van der Waals surface area contributed by atoms with Gasteiger partial charge < -0.3 is 14.7 Å². The minimum absolute atomic E-state index is 0.0159. The molecule has 1 atom stereocenters. The van der Waals surface area contributed by atoms with E-state index in [2.05, 4.69) is 11.9 Å². The topological polar surface area (TPSA) is 83.8 Å². The molecule has 180 valence electrons. The molecule has 35 heavy (non-hydrogen) atoms. The second-order valence-electron chi connectivity index (χ2n) is 8.91. The fourth-order valence-corrected chi connectivity index (χ4v) is 4.29. The third-order valence-electron chi connectivity index (χ3n) is 6.24. The zero-order valence-electron chi connectivity index (χ0n) is 20.3. The van der Waals surface area contributed by atoms with Gasteiger partial charge in [-0.15, -0.1) is 0 Å². The van der Waals surface area contributed by atoms with E-state index < -0.39 is 23.5 Å². The molecule has 0 radical (unpaired) electrons. The molecule has 6 heteroatoms. The van der Waals surface area contributed by atoms with Crippen LogP contribution in [0.2, 0.25) is 0 Å². The first-order valence-corrected chi connectivity index (χ1v) is 11.9. The Bertz CT molecular complexity index is 1250. The summed E-state index contributed by atoms with van der Waals surface area (Å²) >= 11 is 0. The number of ketones is 1. The van der Waals surface area contributed by atoms with E-state index in [1.54, 1.807) is 30.6 Å². The van der Waals surface area contributed by atoms with Crippen LogP contribution in [0.5, 0.6) is 5.75 Å². The van der Waals surface area contributed by atoms with Crippen molar-refractivity contribution in [2.75, 3.05) is 6.61 Å². The molecule has 1 aromatic heterocycles. The van der Waals surface area contributed by atoms with E-state index in [1.807, 2.05) is 50.2 Å². The predicted octanol–water partition coefficient (Wildman–Crippen LogP) is 3.72. The number of nitrogens with one attached hydrogen (secondary N) is 1. The van der Waals surface area contributed by atoms with E-state index in [4.69, 9.17) is 4.74 Å². The number of aryl methyl sites for hydroxylation is 2. The fourth-order valence-electron chi connectivity index (χ4n) is 4.29. The summed E-state index contributed by atoms with van der Waals surface area (Å²) in [5, 5.41) is 13.7. The molecule has 1 unspecified atom stereocenters. The van der Waals surface area contributed by atoms with Gasteiger partial charge in [-0.05, 0) is 55.2 Å². The van der Waals surface area contributed by atoms with Crippen LogP contribution in [0.1, 0.15) is 53.6 Å². The standard InChI is InChI=1S/C29H30N2O4/c1-4-5-15-35-24-13-12-23(16-20(24)3)27(32)25-26(22-10-8-19(2)9-11-22)31(29(34)28(25)33)18-21-7-6-14-30-17-21/h6-14,16-17,26,32H,4-5,15,18H2,1-3H3/b27-25+. The van der Waals surface area contributed by atoms with Crippen LogP contribution >= 0.6 is 0 Å². The van der Waals surface area contributed by atoms with Gasteiger partial charge in [0.1, 0.15) is 5.75 Å². The Hall–Kier alpha value is -3.93. The zero-order chi connectivity index (χ0) is 24.9. The average molecular weight is 471 g/mol. The zero-order valence-corrected chi connectivity index (χ0v) is 20.3. The molecule has 0 aliphatic carbocycles. The number of aromatic amines is 1. The Morgan fingerprint density at radius 2 is 1.86 bits per heavy atom. The Morgan fingerprint density at radius 3 is 2.51 bits per heavy atom. The van der Waals surface area contributed by atoms with Crippen LogP contribution in [0, 0.1) is 13.8 Å². The SMILES string of the molecule is CCCCOc1ccc(/C([O-])=C2\C(=O)C(=O)N(Cc3ccc[nH+]c3)C2c2ccc(C)cc2)cc1C. The minimum atomic E-state index is -0.760.